The first-order valence-corrected chi connectivity index (χ1v) is 17.7. The molecule has 0 spiro atoms. The van der Waals surface area contributed by atoms with Crippen molar-refractivity contribution in [3.63, 3.8) is 0 Å². The van der Waals surface area contributed by atoms with E-state index in [1.807, 2.05) is 12.1 Å². The molecular weight excluding hydrogens is 619 g/mol. The molecule has 2 nitrogen and oxygen atoms in total. The average molecular weight is 654 g/mol. The van der Waals surface area contributed by atoms with Crippen molar-refractivity contribution < 1.29 is 4.42 Å². The molecule has 0 N–H and O–H groups in total. The molecule has 10 rings (SSSR count). The lowest BCUT2D eigenvalue weighted by molar-refractivity contribution is 0.660. The van der Waals surface area contributed by atoms with E-state index in [4.69, 9.17) is 4.42 Å². The minimum Gasteiger partial charge on any atom is -0.456 e. The first-order chi connectivity index (χ1) is 25.0. The van der Waals surface area contributed by atoms with E-state index in [1.54, 1.807) is 0 Å². The second-order valence-electron chi connectivity index (χ2n) is 14.2. The van der Waals surface area contributed by atoms with Gasteiger partial charge in [0.2, 0.25) is 0 Å². The summed E-state index contributed by atoms with van der Waals surface area (Å²) in [6, 6.07) is 63.8. The van der Waals surface area contributed by atoms with E-state index >= 15 is 0 Å². The summed E-state index contributed by atoms with van der Waals surface area (Å²) >= 11 is 0. The first-order valence-electron chi connectivity index (χ1n) is 17.7. The number of para-hydroxylation sites is 1. The lowest BCUT2D eigenvalue weighted by Crippen LogP contribution is -2.16. The van der Waals surface area contributed by atoms with Crippen molar-refractivity contribution in [3.05, 3.63) is 187 Å². The van der Waals surface area contributed by atoms with Crippen molar-refractivity contribution in [3.8, 4) is 33.4 Å². The fourth-order valence-corrected chi connectivity index (χ4v) is 8.18. The molecule has 0 saturated carbocycles. The normalized spacial score (nSPS) is 13.1. The van der Waals surface area contributed by atoms with Crippen molar-refractivity contribution in [2.24, 2.45) is 0 Å². The topological polar surface area (TPSA) is 16.4 Å². The number of rotatable bonds is 5. The molecule has 0 amide bonds. The van der Waals surface area contributed by atoms with Crippen LogP contribution in [-0.4, -0.2) is 0 Å². The number of fused-ring (bicyclic) bond motifs is 7. The van der Waals surface area contributed by atoms with Gasteiger partial charge in [0, 0.05) is 33.2 Å². The quantitative estimate of drug-likeness (QED) is 0.184. The van der Waals surface area contributed by atoms with Crippen LogP contribution >= 0.6 is 0 Å². The van der Waals surface area contributed by atoms with Crippen LogP contribution in [0.25, 0.3) is 66.1 Å². The molecule has 0 atom stereocenters. The number of benzene rings is 8. The number of nitrogens with zero attached hydrogens (tertiary/aromatic N) is 1. The van der Waals surface area contributed by atoms with Gasteiger partial charge in [0.1, 0.15) is 11.2 Å². The molecule has 0 aliphatic heterocycles. The van der Waals surface area contributed by atoms with Gasteiger partial charge in [0.05, 0.1) is 0 Å². The van der Waals surface area contributed by atoms with Crippen LogP contribution in [0.15, 0.2) is 180 Å². The number of hydrogen-bond donors (Lipinski definition) is 0. The van der Waals surface area contributed by atoms with Gasteiger partial charge < -0.3 is 9.32 Å². The predicted molar refractivity (Wildman–Crippen MR) is 214 cm³/mol. The fourth-order valence-electron chi connectivity index (χ4n) is 8.18. The van der Waals surface area contributed by atoms with Gasteiger partial charge in [-0.3, -0.25) is 0 Å². The van der Waals surface area contributed by atoms with Gasteiger partial charge in [-0.25, -0.2) is 0 Å². The summed E-state index contributed by atoms with van der Waals surface area (Å²) in [6.07, 6.45) is 0. The molecule has 2 heteroatoms. The summed E-state index contributed by atoms with van der Waals surface area (Å²) in [7, 11) is 0. The van der Waals surface area contributed by atoms with Gasteiger partial charge in [-0.15, -0.1) is 0 Å². The highest BCUT2D eigenvalue weighted by molar-refractivity contribution is 6.10. The van der Waals surface area contributed by atoms with Crippen molar-refractivity contribution in [2.45, 2.75) is 19.3 Å². The lowest BCUT2D eigenvalue weighted by atomic mass is 9.82. The van der Waals surface area contributed by atoms with Crippen molar-refractivity contribution >= 4 is 49.8 Å². The van der Waals surface area contributed by atoms with Crippen LogP contribution < -0.4 is 4.90 Å². The highest BCUT2D eigenvalue weighted by Gasteiger charge is 2.35. The third-order valence-corrected chi connectivity index (χ3v) is 10.8. The summed E-state index contributed by atoms with van der Waals surface area (Å²) in [5.41, 5.74) is 15.3. The van der Waals surface area contributed by atoms with Gasteiger partial charge in [-0.05, 0) is 116 Å². The average Bonchev–Trinajstić information content (AvgIpc) is 3.65. The van der Waals surface area contributed by atoms with E-state index in [9.17, 15) is 0 Å². The van der Waals surface area contributed by atoms with Crippen LogP contribution in [0.5, 0.6) is 0 Å². The molecule has 9 aromatic rings. The largest absolute Gasteiger partial charge is 0.456 e. The van der Waals surface area contributed by atoms with Gasteiger partial charge in [-0.1, -0.05) is 129 Å². The highest BCUT2D eigenvalue weighted by atomic mass is 16.3. The Balaban J connectivity index is 1.07. The molecule has 0 radical (unpaired) electrons. The van der Waals surface area contributed by atoms with E-state index < -0.39 is 0 Å². The summed E-state index contributed by atoms with van der Waals surface area (Å²) < 4.78 is 6.22. The maximum absolute atomic E-state index is 6.22. The number of furan rings is 1. The summed E-state index contributed by atoms with van der Waals surface area (Å²) in [4.78, 5) is 2.40. The molecule has 0 fully saturated rings. The van der Waals surface area contributed by atoms with Crippen LogP contribution in [-0.2, 0) is 5.41 Å². The van der Waals surface area contributed by atoms with Crippen molar-refractivity contribution in [1.29, 1.82) is 0 Å². The molecule has 0 saturated heterocycles. The molecule has 1 aliphatic carbocycles. The van der Waals surface area contributed by atoms with Gasteiger partial charge >= 0.3 is 0 Å². The second-order valence-corrected chi connectivity index (χ2v) is 14.2. The molecule has 8 aromatic carbocycles. The molecule has 0 unspecified atom stereocenters. The fraction of sp³-hybridized carbons (Fsp3) is 0.0612. The van der Waals surface area contributed by atoms with Crippen LogP contribution in [0.1, 0.15) is 25.0 Å². The Labute approximate surface area is 297 Å². The zero-order valence-electron chi connectivity index (χ0n) is 28.6. The minimum absolute atomic E-state index is 0.0899. The SMILES string of the molecule is CC1(C)c2ccccc2-c2ccc(N(c3ccc(-c4ccc5cc6c(cc5c4)oc4ccccc46)cc3)c3cccc(-c4ccccc4)c3)cc21. The predicted octanol–water partition coefficient (Wildman–Crippen LogP) is 13.8. The maximum atomic E-state index is 6.22. The molecule has 1 aromatic heterocycles. The molecule has 1 heterocycles. The Bertz CT molecular complexity index is 2770. The Morgan fingerprint density at radius 2 is 1.06 bits per heavy atom. The summed E-state index contributed by atoms with van der Waals surface area (Å²) in [5.74, 6) is 0. The molecular formula is C49H35NO. The lowest BCUT2D eigenvalue weighted by Gasteiger charge is -2.28. The third kappa shape index (κ3) is 4.79. The van der Waals surface area contributed by atoms with Crippen LogP contribution in [0.3, 0.4) is 0 Å². The van der Waals surface area contributed by atoms with Crippen molar-refractivity contribution in [1.82, 2.24) is 0 Å². The van der Waals surface area contributed by atoms with E-state index in [0.29, 0.717) is 0 Å². The van der Waals surface area contributed by atoms with Gasteiger partial charge in [-0.2, -0.15) is 0 Å². The number of anilines is 3. The Morgan fingerprint density at radius 1 is 0.392 bits per heavy atom. The van der Waals surface area contributed by atoms with E-state index in [2.05, 4.69) is 183 Å². The highest BCUT2D eigenvalue weighted by Crippen LogP contribution is 2.50. The Kier molecular flexibility index (Phi) is 6.56. The maximum Gasteiger partial charge on any atom is 0.136 e. The van der Waals surface area contributed by atoms with Crippen LogP contribution in [0.2, 0.25) is 0 Å². The summed E-state index contributed by atoms with van der Waals surface area (Å²) in [6.45, 7) is 4.69. The molecule has 0 bridgehead atoms. The molecule has 1 aliphatic rings. The molecule has 51 heavy (non-hydrogen) atoms. The second kappa shape index (κ2) is 11.3. The third-order valence-electron chi connectivity index (χ3n) is 10.8. The van der Waals surface area contributed by atoms with E-state index in [1.165, 1.54) is 55.3 Å². The monoisotopic (exact) mass is 653 g/mol. The van der Waals surface area contributed by atoms with Gasteiger partial charge in [0.25, 0.3) is 0 Å². The first kappa shape index (κ1) is 29.5. The standard InChI is InChI=1S/C49H35NO/c1-49(2)45-17-8-6-15-41(45)42-26-25-40(31-46(42)49)50(39-14-10-13-34(28-39)32-11-4-3-5-12-32)38-23-21-33(22-24-38)35-19-20-36-29-44-43-16-7-9-18-47(43)51-48(44)30-37(36)27-35/h3-31H,1-2H3. The molecule has 242 valence electrons. The Hall–Kier alpha value is -6.38. The van der Waals surface area contributed by atoms with Gasteiger partial charge in [0.15, 0.2) is 0 Å². The minimum atomic E-state index is -0.0899. The Morgan fingerprint density at radius 3 is 1.94 bits per heavy atom. The zero-order chi connectivity index (χ0) is 34.1. The smallest absolute Gasteiger partial charge is 0.136 e. The van der Waals surface area contributed by atoms with Crippen LogP contribution in [0.4, 0.5) is 17.1 Å². The summed E-state index contributed by atoms with van der Waals surface area (Å²) in [5, 5.41) is 4.69. The van der Waals surface area contributed by atoms with Crippen molar-refractivity contribution in [2.75, 3.05) is 4.90 Å². The van der Waals surface area contributed by atoms with E-state index in [-0.39, 0.29) is 5.41 Å². The number of hydrogen-bond acceptors (Lipinski definition) is 2. The zero-order valence-corrected chi connectivity index (χ0v) is 28.6. The van der Waals surface area contributed by atoms with Crippen LogP contribution in [0, 0.1) is 0 Å². The van der Waals surface area contributed by atoms with E-state index in [0.717, 1.165) is 39.0 Å².